The molecular formula is C33H38. The van der Waals surface area contributed by atoms with E-state index in [9.17, 15) is 0 Å². The minimum absolute atomic E-state index is 0.107. The Kier molecular flexibility index (Phi) is 4.68. The maximum atomic E-state index is 2.53. The van der Waals surface area contributed by atoms with Crippen LogP contribution in [0.25, 0.3) is 11.1 Å². The van der Waals surface area contributed by atoms with Gasteiger partial charge in [0.1, 0.15) is 0 Å². The molecule has 1 atom stereocenters. The third-order valence-corrected chi connectivity index (χ3v) is 7.98. The van der Waals surface area contributed by atoms with Crippen LogP contribution >= 0.6 is 0 Å². The van der Waals surface area contributed by atoms with Gasteiger partial charge in [-0.1, -0.05) is 109 Å². The first-order valence-corrected chi connectivity index (χ1v) is 12.5. The Morgan fingerprint density at radius 2 is 1.24 bits per heavy atom. The van der Waals surface area contributed by atoms with Gasteiger partial charge in [0.15, 0.2) is 0 Å². The van der Waals surface area contributed by atoms with Gasteiger partial charge in [-0.3, -0.25) is 0 Å². The first-order chi connectivity index (χ1) is 15.4. The van der Waals surface area contributed by atoms with Crippen LogP contribution in [-0.2, 0) is 16.2 Å². The summed E-state index contributed by atoms with van der Waals surface area (Å²) in [5.41, 5.74) is 14.3. The van der Waals surface area contributed by atoms with Crippen molar-refractivity contribution in [2.24, 2.45) is 5.92 Å². The lowest BCUT2D eigenvalue weighted by Crippen LogP contribution is -2.27. The zero-order chi connectivity index (χ0) is 23.9. The molecule has 33 heavy (non-hydrogen) atoms. The van der Waals surface area contributed by atoms with E-state index < -0.39 is 0 Å². The van der Waals surface area contributed by atoms with Gasteiger partial charge in [-0.2, -0.15) is 0 Å². The summed E-state index contributed by atoms with van der Waals surface area (Å²) in [4.78, 5) is 0. The molecule has 0 heterocycles. The summed E-state index contributed by atoms with van der Waals surface area (Å²) in [6.07, 6.45) is 9.72. The Hall–Kier alpha value is -2.60. The molecule has 0 amide bonds. The molecule has 0 nitrogen and oxygen atoms in total. The Bertz CT molecular complexity index is 1230. The van der Waals surface area contributed by atoms with Gasteiger partial charge in [0, 0.05) is 0 Å². The summed E-state index contributed by atoms with van der Waals surface area (Å²) in [6, 6.07) is 14.5. The highest BCUT2D eigenvalue weighted by Crippen LogP contribution is 2.66. The molecule has 2 aromatic carbocycles. The normalized spacial score (nSPS) is 23.1. The smallest absolute Gasteiger partial charge is 0.0719 e. The van der Waals surface area contributed by atoms with Crippen molar-refractivity contribution in [1.82, 2.24) is 0 Å². The number of fused-ring (bicyclic) bond motifs is 7. The molecule has 0 radical (unpaired) electrons. The van der Waals surface area contributed by atoms with E-state index in [0.29, 0.717) is 5.92 Å². The summed E-state index contributed by atoms with van der Waals surface area (Å²) in [7, 11) is 0. The van der Waals surface area contributed by atoms with Gasteiger partial charge < -0.3 is 0 Å². The van der Waals surface area contributed by atoms with Crippen LogP contribution in [0.4, 0.5) is 0 Å². The molecule has 0 heteroatoms. The maximum Gasteiger partial charge on any atom is 0.0719 e. The molecule has 3 aliphatic rings. The average Bonchev–Trinajstić information content (AvgIpc) is 3.34. The van der Waals surface area contributed by atoms with Gasteiger partial charge in [0.25, 0.3) is 0 Å². The highest BCUT2D eigenvalue weighted by molar-refractivity contribution is 5.93. The molecule has 1 saturated carbocycles. The predicted molar refractivity (Wildman–Crippen MR) is 143 cm³/mol. The van der Waals surface area contributed by atoms with Gasteiger partial charge in [0.05, 0.1) is 5.41 Å². The van der Waals surface area contributed by atoms with E-state index in [1.165, 1.54) is 55.7 Å². The van der Waals surface area contributed by atoms with Crippen molar-refractivity contribution >= 4 is 0 Å². The van der Waals surface area contributed by atoms with Crippen molar-refractivity contribution in [3.63, 3.8) is 0 Å². The molecule has 0 aliphatic heterocycles. The molecular weight excluding hydrogens is 396 g/mol. The molecule has 170 valence electrons. The second kappa shape index (κ2) is 6.95. The molecule has 1 fully saturated rings. The maximum absolute atomic E-state index is 2.53. The molecule has 0 saturated heterocycles. The third-order valence-electron chi connectivity index (χ3n) is 7.98. The van der Waals surface area contributed by atoms with Crippen molar-refractivity contribution in [3.8, 4) is 11.1 Å². The van der Waals surface area contributed by atoms with E-state index >= 15 is 0 Å². The molecule has 1 spiro atoms. The van der Waals surface area contributed by atoms with Crippen LogP contribution in [0.3, 0.4) is 0 Å². The largest absolute Gasteiger partial charge is 0.0822 e. The standard InChI is InChI=1S/C33H38/c1-10-23-26-16-20(3)17-28(26)33(27(23)11-2)29-18-21(31(4,5)6)12-14-24(29)25-15-13-22(19-30(25)33)32(7,8)9/h10-20H,1-9H3/b23-10-,27-11+. The van der Waals surface area contributed by atoms with Crippen LogP contribution in [-0.4, -0.2) is 0 Å². The lowest BCUT2D eigenvalue weighted by atomic mass is 9.68. The number of hydrogen-bond acceptors (Lipinski definition) is 0. The average molecular weight is 435 g/mol. The molecule has 2 aromatic rings. The fourth-order valence-electron chi connectivity index (χ4n) is 6.33. The number of rotatable bonds is 0. The SMILES string of the molecule is C/C=C1/C2=CC(C)C=C2C2(/C1=C/C)c1cc(C(C)(C)C)ccc1-c1ccc(C(C)(C)C)cc12. The Balaban J connectivity index is 1.95. The van der Waals surface area contributed by atoms with Gasteiger partial charge in [-0.15, -0.1) is 0 Å². The minimum Gasteiger partial charge on any atom is -0.0822 e. The molecule has 0 bridgehead atoms. The molecule has 3 aliphatic carbocycles. The Morgan fingerprint density at radius 3 is 1.67 bits per heavy atom. The summed E-state index contributed by atoms with van der Waals surface area (Å²) in [5, 5.41) is 0. The Morgan fingerprint density at radius 1 is 0.727 bits per heavy atom. The second-order valence-corrected chi connectivity index (χ2v) is 12.2. The lowest BCUT2D eigenvalue weighted by molar-refractivity contribution is 0.586. The number of allylic oxidation sites excluding steroid dienone is 8. The topological polar surface area (TPSA) is 0 Å². The molecule has 5 rings (SSSR count). The van der Waals surface area contributed by atoms with Gasteiger partial charge >= 0.3 is 0 Å². The first kappa shape index (κ1) is 22.2. The van der Waals surface area contributed by atoms with Crippen LogP contribution in [0.15, 0.2) is 83.0 Å². The Labute approximate surface area is 200 Å². The van der Waals surface area contributed by atoms with Gasteiger partial charge in [0.2, 0.25) is 0 Å². The summed E-state index contributed by atoms with van der Waals surface area (Å²) < 4.78 is 0. The fraction of sp³-hybridized carbons (Fsp3) is 0.394. The summed E-state index contributed by atoms with van der Waals surface area (Å²) in [6.45, 7) is 20.7. The van der Waals surface area contributed by atoms with Crippen molar-refractivity contribution in [3.05, 3.63) is 105 Å². The first-order valence-electron chi connectivity index (χ1n) is 12.5. The van der Waals surface area contributed by atoms with Crippen LogP contribution in [0.5, 0.6) is 0 Å². The number of benzene rings is 2. The number of hydrogen-bond donors (Lipinski definition) is 0. The monoisotopic (exact) mass is 434 g/mol. The minimum atomic E-state index is -0.222. The van der Waals surface area contributed by atoms with E-state index in [2.05, 4.69) is 123 Å². The van der Waals surface area contributed by atoms with Crippen molar-refractivity contribution in [1.29, 1.82) is 0 Å². The van der Waals surface area contributed by atoms with Crippen molar-refractivity contribution in [2.75, 3.05) is 0 Å². The summed E-state index contributed by atoms with van der Waals surface area (Å²) >= 11 is 0. The van der Waals surface area contributed by atoms with E-state index in [1.807, 2.05) is 0 Å². The quantitative estimate of drug-likeness (QED) is 0.388. The van der Waals surface area contributed by atoms with Crippen LogP contribution < -0.4 is 0 Å². The predicted octanol–water partition coefficient (Wildman–Crippen LogP) is 8.96. The van der Waals surface area contributed by atoms with E-state index in [0.717, 1.165) is 0 Å². The highest BCUT2D eigenvalue weighted by atomic mass is 14.6. The van der Waals surface area contributed by atoms with E-state index in [-0.39, 0.29) is 16.2 Å². The molecule has 1 unspecified atom stereocenters. The zero-order valence-corrected chi connectivity index (χ0v) is 21.9. The second-order valence-electron chi connectivity index (χ2n) is 12.2. The van der Waals surface area contributed by atoms with Gasteiger partial charge in [-0.05, 0) is 86.3 Å². The summed E-state index contributed by atoms with van der Waals surface area (Å²) in [5.74, 6) is 0.462. The van der Waals surface area contributed by atoms with Crippen molar-refractivity contribution in [2.45, 2.75) is 78.6 Å². The highest BCUT2D eigenvalue weighted by Gasteiger charge is 2.56. The fourth-order valence-corrected chi connectivity index (χ4v) is 6.33. The molecule has 0 aromatic heterocycles. The van der Waals surface area contributed by atoms with Gasteiger partial charge in [-0.25, -0.2) is 0 Å². The molecule has 0 N–H and O–H groups in total. The van der Waals surface area contributed by atoms with Crippen LogP contribution in [0.2, 0.25) is 0 Å². The van der Waals surface area contributed by atoms with E-state index in [1.54, 1.807) is 0 Å². The van der Waals surface area contributed by atoms with Crippen molar-refractivity contribution < 1.29 is 0 Å². The lowest BCUT2D eigenvalue weighted by Gasteiger charge is -2.33. The van der Waals surface area contributed by atoms with Crippen LogP contribution in [0.1, 0.15) is 84.6 Å². The third kappa shape index (κ3) is 2.89. The van der Waals surface area contributed by atoms with E-state index in [4.69, 9.17) is 0 Å². The zero-order valence-electron chi connectivity index (χ0n) is 21.9. The van der Waals surface area contributed by atoms with Crippen LogP contribution in [0, 0.1) is 5.92 Å².